The van der Waals surface area contributed by atoms with E-state index < -0.39 is 0 Å². The van der Waals surface area contributed by atoms with Crippen molar-refractivity contribution in [2.45, 2.75) is 13.0 Å². The van der Waals surface area contributed by atoms with Crippen LogP contribution in [0.15, 0.2) is 48.8 Å². The number of hydrogen-bond acceptors (Lipinski definition) is 3. The van der Waals surface area contributed by atoms with E-state index in [1.54, 1.807) is 6.07 Å². The van der Waals surface area contributed by atoms with E-state index in [4.69, 9.17) is 10.5 Å². The lowest BCUT2D eigenvalue weighted by Gasteiger charge is -2.10. The zero-order valence-corrected chi connectivity index (χ0v) is 11.5. The van der Waals surface area contributed by atoms with Crippen LogP contribution >= 0.6 is 0 Å². The summed E-state index contributed by atoms with van der Waals surface area (Å²) in [6.07, 6.45) is 4.43. The Morgan fingerprint density at radius 2 is 2.14 bits per heavy atom. The standard InChI is InChI=1S/C16H16FN3O/c17-13-4-5-15(12(9-13)6-7-18)21-11-14-10-20-8-2-1-3-16(20)19-14/h1-5,8-10H,6-7,11,18H2. The zero-order chi connectivity index (χ0) is 14.7. The fraction of sp³-hybridized carbons (Fsp3) is 0.188. The number of nitrogens with two attached hydrogens (primary N) is 1. The van der Waals surface area contributed by atoms with Gasteiger partial charge in [-0.15, -0.1) is 0 Å². The molecule has 0 aliphatic carbocycles. The van der Waals surface area contributed by atoms with E-state index in [1.807, 2.05) is 35.0 Å². The van der Waals surface area contributed by atoms with Crippen molar-refractivity contribution < 1.29 is 9.13 Å². The summed E-state index contributed by atoms with van der Waals surface area (Å²) < 4.78 is 21.0. The number of fused-ring (bicyclic) bond motifs is 1. The molecule has 3 aromatic rings. The van der Waals surface area contributed by atoms with Crippen molar-refractivity contribution in [3.05, 3.63) is 65.9 Å². The van der Waals surface area contributed by atoms with Crippen molar-refractivity contribution >= 4 is 5.65 Å². The molecule has 0 amide bonds. The molecule has 5 heteroatoms. The summed E-state index contributed by atoms with van der Waals surface area (Å²) in [7, 11) is 0. The molecule has 0 unspecified atom stereocenters. The van der Waals surface area contributed by atoms with Gasteiger partial charge < -0.3 is 14.9 Å². The Morgan fingerprint density at radius 3 is 2.95 bits per heavy atom. The Bertz CT molecular complexity index is 721. The van der Waals surface area contributed by atoms with Gasteiger partial charge in [-0.25, -0.2) is 9.37 Å². The minimum absolute atomic E-state index is 0.279. The lowest BCUT2D eigenvalue weighted by Crippen LogP contribution is -2.06. The fourth-order valence-electron chi connectivity index (χ4n) is 2.25. The van der Waals surface area contributed by atoms with Crippen LogP contribution in [0.5, 0.6) is 5.75 Å². The Kier molecular flexibility index (Phi) is 3.83. The lowest BCUT2D eigenvalue weighted by molar-refractivity contribution is 0.298. The van der Waals surface area contributed by atoms with Crippen LogP contribution in [0.4, 0.5) is 4.39 Å². The molecule has 0 saturated heterocycles. The molecule has 0 aliphatic heterocycles. The molecule has 0 fully saturated rings. The van der Waals surface area contributed by atoms with Gasteiger partial charge in [0.2, 0.25) is 0 Å². The third kappa shape index (κ3) is 3.03. The monoisotopic (exact) mass is 285 g/mol. The molecular formula is C16H16FN3O. The maximum Gasteiger partial charge on any atom is 0.137 e. The molecule has 2 aromatic heterocycles. The predicted molar refractivity (Wildman–Crippen MR) is 78.7 cm³/mol. The summed E-state index contributed by atoms with van der Waals surface area (Å²) in [5.74, 6) is 0.373. The first kappa shape index (κ1) is 13.6. The third-order valence-electron chi connectivity index (χ3n) is 3.23. The molecule has 4 nitrogen and oxygen atoms in total. The van der Waals surface area contributed by atoms with Crippen LogP contribution in [-0.4, -0.2) is 15.9 Å². The van der Waals surface area contributed by atoms with E-state index >= 15 is 0 Å². The number of aromatic nitrogens is 2. The maximum atomic E-state index is 13.3. The SMILES string of the molecule is NCCc1cc(F)ccc1OCc1cn2ccccc2n1. The number of halogens is 1. The minimum Gasteiger partial charge on any atom is -0.487 e. The van der Waals surface area contributed by atoms with E-state index in [9.17, 15) is 4.39 Å². The normalized spacial score (nSPS) is 11.0. The van der Waals surface area contributed by atoms with Gasteiger partial charge in [-0.1, -0.05) is 6.07 Å². The highest BCUT2D eigenvalue weighted by molar-refractivity contribution is 5.39. The minimum atomic E-state index is -0.279. The third-order valence-corrected chi connectivity index (χ3v) is 3.23. The summed E-state index contributed by atoms with van der Waals surface area (Å²) in [6.45, 7) is 0.791. The number of imidazole rings is 1. The Morgan fingerprint density at radius 1 is 1.24 bits per heavy atom. The first-order chi connectivity index (χ1) is 10.3. The van der Waals surface area contributed by atoms with E-state index in [1.165, 1.54) is 12.1 Å². The quantitative estimate of drug-likeness (QED) is 0.784. The van der Waals surface area contributed by atoms with Crippen LogP contribution in [-0.2, 0) is 13.0 Å². The molecular weight excluding hydrogens is 269 g/mol. The molecule has 2 heterocycles. The molecule has 0 aliphatic rings. The van der Waals surface area contributed by atoms with Crippen molar-refractivity contribution in [2.75, 3.05) is 6.54 Å². The van der Waals surface area contributed by atoms with Crippen molar-refractivity contribution in [2.24, 2.45) is 5.73 Å². The summed E-state index contributed by atoms with van der Waals surface area (Å²) in [4.78, 5) is 4.46. The summed E-state index contributed by atoms with van der Waals surface area (Å²) in [5.41, 5.74) is 8.02. The molecule has 3 rings (SSSR count). The second-order valence-electron chi connectivity index (χ2n) is 4.78. The van der Waals surface area contributed by atoms with Gasteiger partial charge in [-0.3, -0.25) is 0 Å². The second-order valence-corrected chi connectivity index (χ2v) is 4.78. The van der Waals surface area contributed by atoms with Crippen LogP contribution in [0.3, 0.4) is 0 Å². The number of nitrogens with zero attached hydrogens (tertiary/aromatic N) is 2. The average molecular weight is 285 g/mol. The Hall–Kier alpha value is -2.40. The highest BCUT2D eigenvalue weighted by atomic mass is 19.1. The number of pyridine rings is 1. The van der Waals surface area contributed by atoms with Gasteiger partial charge in [-0.05, 0) is 48.9 Å². The highest BCUT2D eigenvalue weighted by Gasteiger charge is 2.07. The van der Waals surface area contributed by atoms with Gasteiger partial charge in [0.25, 0.3) is 0 Å². The maximum absolute atomic E-state index is 13.3. The zero-order valence-electron chi connectivity index (χ0n) is 11.5. The number of benzene rings is 1. The van der Waals surface area contributed by atoms with Gasteiger partial charge in [0.15, 0.2) is 0 Å². The first-order valence-corrected chi connectivity index (χ1v) is 6.80. The van der Waals surface area contributed by atoms with Crippen molar-refractivity contribution in [3.63, 3.8) is 0 Å². The van der Waals surface area contributed by atoms with Gasteiger partial charge in [0.05, 0.1) is 5.69 Å². The van der Waals surface area contributed by atoms with E-state index in [-0.39, 0.29) is 5.82 Å². The van der Waals surface area contributed by atoms with Crippen LogP contribution in [0, 0.1) is 5.82 Å². The van der Waals surface area contributed by atoms with Gasteiger partial charge in [0.1, 0.15) is 23.8 Å². The molecule has 2 N–H and O–H groups in total. The Balaban J connectivity index is 1.77. The van der Waals surface area contributed by atoms with Crippen LogP contribution in [0.2, 0.25) is 0 Å². The number of ether oxygens (including phenoxy) is 1. The van der Waals surface area contributed by atoms with Crippen molar-refractivity contribution in [1.29, 1.82) is 0 Å². The molecule has 0 spiro atoms. The topological polar surface area (TPSA) is 52.5 Å². The average Bonchev–Trinajstić information content (AvgIpc) is 2.89. The summed E-state index contributed by atoms with van der Waals surface area (Å²) in [5, 5.41) is 0. The molecule has 0 atom stereocenters. The smallest absolute Gasteiger partial charge is 0.137 e. The van der Waals surface area contributed by atoms with Gasteiger partial charge in [0, 0.05) is 12.4 Å². The predicted octanol–water partition coefficient (Wildman–Crippen LogP) is 2.55. The molecule has 0 radical (unpaired) electrons. The number of rotatable bonds is 5. The Labute approximate surface area is 122 Å². The van der Waals surface area contributed by atoms with E-state index in [0.29, 0.717) is 25.3 Å². The van der Waals surface area contributed by atoms with Gasteiger partial charge in [-0.2, -0.15) is 0 Å². The fourth-order valence-corrected chi connectivity index (χ4v) is 2.25. The molecule has 0 bridgehead atoms. The van der Waals surface area contributed by atoms with E-state index in [2.05, 4.69) is 4.98 Å². The van der Waals surface area contributed by atoms with Gasteiger partial charge >= 0.3 is 0 Å². The molecule has 108 valence electrons. The van der Waals surface area contributed by atoms with E-state index in [0.717, 1.165) is 16.9 Å². The van der Waals surface area contributed by atoms with Crippen molar-refractivity contribution in [1.82, 2.24) is 9.38 Å². The van der Waals surface area contributed by atoms with Crippen molar-refractivity contribution in [3.8, 4) is 5.75 Å². The molecule has 0 saturated carbocycles. The second kappa shape index (κ2) is 5.93. The van der Waals surface area contributed by atoms with Crippen LogP contribution < -0.4 is 10.5 Å². The highest BCUT2D eigenvalue weighted by Crippen LogP contribution is 2.21. The summed E-state index contributed by atoms with van der Waals surface area (Å²) >= 11 is 0. The van der Waals surface area contributed by atoms with Crippen LogP contribution in [0.1, 0.15) is 11.3 Å². The summed E-state index contributed by atoms with van der Waals surface area (Å²) in [6, 6.07) is 10.3. The molecule has 21 heavy (non-hydrogen) atoms. The first-order valence-electron chi connectivity index (χ1n) is 6.80. The lowest BCUT2D eigenvalue weighted by atomic mass is 10.1. The largest absolute Gasteiger partial charge is 0.487 e. The number of hydrogen-bond donors (Lipinski definition) is 1. The van der Waals surface area contributed by atoms with Crippen LogP contribution in [0.25, 0.3) is 5.65 Å². The molecule has 1 aromatic carbocycles.